The second-order valence-corrected chi connectivity index (χ2v) is 14.2. The Hall–Kier alpha value is -0.613. The molecule has 0 saturated carbocycles. The van der Waals surface area contributed by atoms with Gasteiger partial charge in [0.25, 0.3) is 0 Å². The van der Waals surface area contributed by atoms with Gasteiger partial charge in [-0.25, -0.2) is 0 Å². The summed E-state index contributed by atoms with van der Waals surface area (Å²) in [5.41, 5.74) is 0. The van der Waals surface area contributed by atoms with Crippen molar-refractivity contribution in [2.24, 2.45) is 0 Å². The van der Waals surface area contributed by atoms with Crippen LogP contribution < -0.4 is 0 Å². The van der Waals surface area contributed by atoms with Gasteiger partial charge in [0, 0.05) is 6.42 Å². The van der Waals surface area contributed by atoms with Crippen molar-refractivity contribution in [3.05, 3.63) is 12.2 Å². The van der Waals surface area contributed by atoms with E-state index in [4.69, 9.17) is 9.16 Å². The van der Waals surface area contributed by atoms with Crippen molar-refractivity contribution in [1.29, 1.82) is 0 Å². The van der Waals surface area contributed by atoms with Gasteiger partial charge in [0.2, 0.25) is 0 Å². The van der Waals surface area contributed by atoms with Crippen LogP contribution in [0.15, 0.2) is 12.2 Å². The zero-order valence-corrected chi connectivity index (χ0v) is 22.1. The Bertz CT molecular complexity index is 451. The molecule has 1 atom stereocenters. The molecule has 0 aromatic rings. The molecule has 0 aromatic carbocycles. The Morgan fingerprint density at radius 1 is 0.806 bits per heavy atom. The first-order chi connectivity index (χ1) is 15.2. The lowest BCUT2D eigenvalue weighted by atomic mass is 10.0. The van der Waals surface area contributed by atoms with Crippen LogP contribution in [-0.2, 0) is 14.0 Å². The Kier molecular flexibility index (Phi) is 17.3. The Morgan fingerprint density at radius 3 is 2.00 bits per heavy atom. The lowest BCUT2D eigenvalue weighted by molar-refractivity contribution is -0.143. The molecule has 1 rings (SSSR count). The maximum absolute atomic E-state index is 11.8. The van der Waals surface area contributed by atoms with E-state index in [1.165, 1.54) is 88.8 Å². The first-order valence-electron chi connectivity index (χ1n) is 13.7. The lowest BCUT2D eigenvalue weighted by Crippen LogP contribution is -2.39. The number of hydrogen-bond donors (Lipinski definition) is 0. The Balaban J connectivity index is 2.53. The molecular weight excluding hydrogens is 400 g/mol. The molecule has 3 nitrogen and oxygen atoms in total. The molecule has 0 spiro atoms. The van der Waals surface area contributed by atoms with Crippen molar-refractivity contribution in [2.75, 3.05) is 6.61 Å². The highest BCUT2D eigenvalue weighted by atomic mass is 28.4. The van der Waals surface area contributed by atoms with Crippen molar-refractivity contribution >= 4 is 14.3 Å². The van der Waals surface area contributed by atoms with Gasteiger partial charge in [-0.15, -0.1) is 0 Å². The molecule has 1 aliphatic heterocycles. The lowest BCUT2D eigenvalue weighted by Gasteiger charge is -2.32. The van der Waals surface area contributed by atoms with Crippen LogP contribution >= 0.6 is 0 Å². The summed E-state index contributed by atoms with van der Waals surface area (Å²) in [6, 6.07) is 3.69. The van der Waals surface area contributed by atoms with Gasteiger partial charge in [-0.3, -0.25) is 4.79 Å². The van der Waals surface area contributed by atoms with Crippen LogP contribution in [0.1, 0.15) is 124 Å². The summed E-state index contributed by atoms with van der Waals surface area (Å²) in [4.78, 5) is 11.8. The number of esters is 1. The molecule has 0 aliphatic carbocycles. The van der Waals surface area contributed by atoms with Crippen LogP contribution in [0.25, 0.3) is 0 Å². The largest absolute Gasteiger partial charge is 0.466 e. The third-order valence-electron chi connectivity index (χ3n) is 7.08. The second-order valence-electron chi connectivity index (χ2n) is 9.47. The maximum atomic E-state index is 11.8. The van der Waals surface area contributed by atoms with Gasteiger partial charge in [0.05, 0.1) is 12.7 Å². The number of hydrogen-bond acceptors (Lipinski definition) is 3. The summed E-state index contributed by atoms with van der Waals surface area (Å²) in [6.45, 7) is 7.60. The minimum Gasteiger partial charge on any atom is -0.466 e. The highest BCUT2D eigenvalue weighted by Crippen LogP contribution is 2.26. The zero-order chi connectivity index (χ0) is 22.6. The van der Waals surface area contributed by atoms with Crippen LogP contribution in [-0.4, -0.2) is 27.0 Å². The van der Waals surface area contributed by atoms with E-state index >= 15 is 0 Å². The standard InChI is InChI=1S/C27H52O3Si/c1-4-31(5-2,6-3)30-26-22-18-14-10-8-7-9-13-17-21-25-29-27(28)24-20-16-12-11-15-19-23-26/h18,22,26H,4-17,19-21,23-25H2,1-3H3/b22-18+. The number of rotatable bonds is 5. The summed E-state index contributed by atoms with van der Waals surface area (Å²) in [5, 5.41) is 0. The SMILES string of the molecule is CC[Si](CC)(CC)OC1/C=C/CCCCCCCCCOC(=O)CCCCCCCC1. The molecule has 0 fully saturated rings. The van der Waals surface area contributed by atoms with Gasteiger partial charge in [-0.1, -0.05) is 97.1 Å². The highest BCUT2D eigenvalue weighted by molar-refractivity contribution is 6.73. The van der Waals surface area contributed by atoms with Crippen LogP contribution in [0.5, 0.6) is 0 Å². The van der Waals surface area contributed by atoms with Crippen molar-refractivity contribution in [2.45, 2.75) is 148 Å². The molecule has 0 amide bonds. The van der Waals surface area contributed by atoms with E-state index in [0.717, 1.165) is 25.7 Å². The van der Waals surface area contributed by atoms with Gasteiger partial charge in [0.1, 0.15) is 0 Å². The molecule has 1 heterocycles. The first-order valence-corrected chi connectivity index (χ1v) is 16.2. The molecule has 31 heavy (non-hydrogen) atoms. The van der Waals surface area contributed by atoms with Crippen molar-refractivity contribution in [1.82, 2.24) is 0 Å². The number of allylic oxidation sites excluding steroid dienone is 1. The first kappa shape index (κ1) is 28.4. The van der Waals surface area contributed by atoms with E-state index in [1.807, 2.05) is 0 Å². The van der Waals surface area contributed by atoms with Crippen molar-refractivity contribution < 1.29 is 14.0 Å². The molecule has 0 saturated heterocycles. The van der Waals surface area contributed by atoms with Crippen LogP contribution in [0.4, 0.5) is 0 Å². The average molecular weight is 453 g/mol. The van der Waals surface area contributed by atoms with E-state index < -0.39 is 8.32 Å². The van der Waals surface area contributed by atoms with Crippen LogP contribution in [0, 0.1) is 0 Å². The molecule has 0 N–H and O–H groups in total. The summed E-state index contributed by atoms with van der Waals surface area (Å²) in [7, 11) is -1.56. The Morgan fingerprint density at radius 2 is 1.35 bits per heavy atom. The van der Waals surface area contributed by atoms with Gasteiger partial charge in [-0.2, -0.15) is 0 Å². The number of carbonyl (C=O) groups excluding carboxylic acids is 1. The van der Waals surface area contributed by atoms with E-state index in [1.54, 1.807) is 0 Å². The van der Waals surface area contributed by atoms with E-state index in [2.05, 4.69) is 32.9 Å². The normalized spacial score (nSPS) is 23.8. The number of cyclic esters (lactones) is 1. The molecule has 0 radical (unpaired) electrons. The van der Waals surface area contributed by atoms with Crippen molar-refractivity contribution in [3.8, 4) is 0 Å². The quantitative estimate of drug-likeness (QED) is 0.237. The van der Waals surface area contributed by atoms with Gasteiger partial charge in [-0.05, 0) is 50.2 Å². The number of ether oxygens (including phenoxy) is 1. The van der Waals surface area contributed by atoms with E-state index in [9.17, 15) is 4.79 Å². The smallest absolute Gasteiger partial charge is 0.305 e. The molecule has 4 heteroatoms. The molecule has 1 unspecified atom stereocenters. The third kappa shape index (κ3) is 14.2. The Labute approximate surface area is 194 Å². The molecule has 1 aliphatic rings. The second kappa shape index (κ2) is 18.9. The third-order valence-corrected chi connectivity index (χ3v) is 11.8. The van der Waals surface area contributed by atoms with Crippen LogP contribution in [0.2, 0.25) is 18.1 Å². The summed E-state index contributed by atoms with van der Waals surface area (Å²) in [6.07, 6.45) is 23.9. The minimum atomic E-state index is -1.56. The zero-order valence-electron chi connectivity index (χ0n) is 21.1. The van der Waals surface area contributed by atoms with Crippen LogP contribution in [0.3, 0.4) is 0 Å². The highest BCUT2D eigenvalue weighted by Gasteiger charge is 2.31. The van der Waals surface area contributed by atoms with Gasteiger partial charge >= 0.3 is 5.97 Å². The fourth-order valence-corrected chi connectivity index (χ4v) is 7.43. The minimum absolute atomic E-state index is 0.00402. The molecule has 182 valence electrons. The fraction of sp³-hybridized carbons (Fsp3) is 0.889. The predicted molar refractivity (Wildman–Crippen MR) is 136 cm³/mol. The molecule has 0 aromatic heterocycles. The topological polar surface area (TPSA) is 35.5 Å². The number of carbonyl (C=O) groups is 1. The maximum Gasteiger partial charge on any atom is 0.305 e. The monoisotopic (exact) mass is 452 g/mol. The molecule has 0 bridgehead atoms. The summed E-state index contributed by atoms with van der Waals surface area (Å²) >= 11 is 0. The summed E-state index contributed by atoms with van der Waals surface area (Å²) < 4.78 is 12.2. The fourth-order valence-electron chi connectivity index (χ4n) is 4.59. The van der Waals surface area contributed by atoms with E-state index in [0.29, 0.717) is 19.1 Å². The molecular formula is C27H52O3Si. The van der Waals surface area contributed by atoms with Crippen molar-refractivity contribution in [3.63, 3.8) is 0 Å². The average Bonchev–Trinajstić information content (AvgIpc) is 2.78. The van der Waals surface area contributed by atoms with E-state index in [-0.39, 0.29) is 5.97 Å². The predicted octanol–water partition coefficient (Wildman–Crippen LogP) is 8.73. The van der Waals surface area contributed by atoms with Gasteiger partial charge < -0.3 is 9.16 Å². The summed E-state index contributed by atoms with van der Waals surface area (Å²) in [5.74, 6) is 0.00402. The van der Waals surface area contributed by atoms with Gasteiger partial charge in [0.15, 0.2) is 8.32 Å².